The van der Waals surface area contributed by atoms with E-state index in [2.05, 4.69) is 10.3 Å². The zero-order valence-corrected chi connectivity index (χ0v) is 6.23. The molecule has 1 heterocycles. The first-order valence-electron chi connectivity index (χ1n) is 3.28. The number of carbonyl (C=O) groups is 1. The molecule has 0 bridgehead atoms. The van der Waals surface area contributed by atoms with Crippen molar-refractivity contribution in [3.8, 4) is 0 Å². The first kappa shape index (κ1) is 7.71. The van der Waals surface area contributed by atoms with Crippen LogP contribution in [0, 0.1) is 0 Å². The zero-order valence-electron chi connectivity index (χ0n) is 6.23. The first-order valence-corrected chi connectivity index (χ1v) is 3.28. The predicted molar refractivity (Wildman–Crippen MR) is 36.8 cm³/mol. The van der Waals surface area contributed by atoms with Crippen molar-refractivity contribution in [2.75, 3.05) is 6.61 Å². The summed E-state index contributed by atoms with van der Waals surface area (Å²) in [5.41, 5.74) is 0. The molecule has 0 saturated carbocycles. The SMILES string of the molecule is CC(=O)CCOn1ccnn1. The molecule has 11 heavy (non-hydrogen) atoms. The van der Waals surface area contributed by atoms with Crippen LogP contribution in [0.25, 0.3) is 0 Å². The van der Waals surface area contributed by atoms with E-state index < -0.39 is 0 Å². The minimum absolute atomic E-state index is 0.102. The molecular formula is C6H9N3O2. The van der Waals surface area contributed by atoms with Crippen molar-refractivity contribution < 1.29 is 9.63 Å². The molecule has 1 aromatic heterocycles. The molecule has 0 saturated heterocycles. The highest BCUT2D eigenvalue weighted by molar-refractivity contribution is 5.75. The van der Waals surface area contributed by atoms with Crippen molar-refractivity contribution >= 4 is 5.78 Å². The van der Waals surface area contributed by atoms with Gasteiger partial charge in [-0.25, -0.2) is 0 Å². The molecule has 5 heteroatoms. The number of nitrogens with zero attached hydrogens (tertiary/aromatic N) is 3. The van der Waals surface area contributed by atoms with Gasteiger partial charge < -0.3 is 4.84 Å². The fourth-order valence-electron chi connectivity index (χ4n) is 0.549. The summed E-state index contributed by atoms with van der Waals surface area (Å²) in [7, 11) is 0. The van der Waals surface area contributed by atoms with Gasteiger partial charge in [0.2, 0.25) is 0 Å². The number of Topliss-reactive ketones (excluding diaryl/α,β-unsaturated/α-hetero) is 1. The van der Waals surface area contributed by atoms with E-state index in [1.54, 1.807) is 6.20 Å². The summed E-state index contributed by atoms with van der Waals surface area (Å²) in [6.45, 7) is 1.86. The van der Waals surface area contributed by atoms with Crippen molar-refractivity contribution in [1.82, 2.24) is 15.2 Å². The molecule has 0 N–H and O–H groups in total. The number of carbonyl (C=O) groups excluding carboxylic acids is 1. The lowest BCUT2D eigenvalue weighted by atomic mass is 10.3. The van der Waals surface area contributed by atoms with E-state index in [-0.39, 0.29) is 5.78 Å². The first-order chi connectivity index (χ1) is 5.29. The van der Waals surface area contributed by atoms with E-state index in [9.17, 15) is 4.79 Å². The van der Waals surface area contributed by atoms with Gasteiger partial charge in [-0.15, -0.1) is 5.10 Å². The fraction of sp³-hybridized carbons (Fsp3) is 0.500. The number of hydrogen-bond acceptors (Lipinski definition) is 4. The third-order valence-electron chi connectivity index (χ3n) is 1.08. The van der Waals surface area contributed by atoms with Crippen molar-refractivity contribution in [3.05, 3.63) is 12.4 Å². The minimum Gasteiger partial charge on any atom is -0.395 e. The van der Waals surface area contributed by atoms with Gasteiger partial charge in [0.15, 0.2) is 0 Å². The van der Waals surface area contributed by atoms with Gasteiger partial charge in [0.25, 0.3) is 0 Å². The Bertz CT molecular complexity index is 220. The molecule has 0 atom stereocenters. The maximum atomic E-state index is 10.4. The van der Waals surface area contributed by atoms with Crippen LogP contribution in [-0.4, -0.2) is 27.5 Å². The van der Waals surface area contributed by atoms with Gasteiger partial charge in [-0.2, -0.15) is 0 Å². The third kappa shape index (κ3) is 2.79. The van der Waals surface area contributed by atoms with E-state index in [0.717, 1.165) is 0 Å². The standard InChI is InChI=1S/C6H9N3O2/c1-6(10)2-5-11-9-4-3-7-8-9/h3-4H,2,5H2,1H3. The summed E-state index contributed by atoms with van der Waals surface area (Å²) in [5.74, 6) is 0.102. The Morgan fingerprint density at radius 1 is 1.73 bits per heavy atom. The van der Waals surface area contributed by atoms with Crippen LogP contribution in [0.4, 0.5) is 0 Å². The van der Waals surface area contributed by atoms with Crippen LogP contribution < -0.4 is 4.84 Å². The summed E-state index contributed by atoms with van der Waals surface area (Å²) in [5, 5.41) is 7.07. The van der Waals surface area contributed by atoms with Gasteiger partial charge in [0, 0.05) is 6.42 Å². The second kappa shape index (κ2) is 3.70. The normalized spacial score (nSPS) is 9.55. The van der Waals surface area contributed by atoms with Crippen LogP contribution in [0.15, 0.2) is 12.4 Å². The van der Waals surface area contributed by atoms with Crippen LogP contribution >= 0.6 is 0 Å². The van der Waals surface area contributed by atoms with Crippen LogP contribution in [0.2, 0.25) is 0 Å². The molecule has 0 aliphatic heterocycles. The molecule has 1 rings (SSSR count). The van der Waals surface area contributed by atoms with Crippen LogP contribution in [-0.2, 0) is 4.79 Å². The van der Waals surface area contributed by atoms with Gasteiger partial charge in [0.1, 0.15) is 12.4 Å². The van der Waals surface area contributed by atoms with Crippen LogP contribution in [0.3, 0.4) is 0 Å². The number of ketones is 1. The van der Waals surface area contributed by atoms with Crippen molar-refractivity contribution in [3.63, 3.8) is 0 Å². The Hall–Kier alpha value is -1.39. The predicted octanol–water partition coefficient (Wildman–Crippen LogP) is -0.314. The van der Waals surface area contributed by atoms with Crippen molar-refractivity contribution in [2.45, 2.75) is 13.3 Å². The summed E-state index contributed by atoms with van der Waals surface area (Å²) in [6, 6.07) is 0. The zero-order chi connectivity index (χ0) is 8.10. The molecular weight excluding hydrogens is 146 g/mol. The Balaban J connectivity index is 2.19. The van der Waals surface area contributed by atoms with E-state index in [1.807, 2.05) is 0 Å². The summed E-state index contributed by atoms with van der Waals surface area (Å²) >= 11 is 0. The number of hydrogen-bond donors (Lipinski definition) is 0. The van der Waals surface area contributed by atoms with Gasteiger partial charge in [-0.3, -0.25) is 4.79 Å². The molecule has 0 unspecified atom stereocenters. The van der Waals surface area contributed by atoms with E-state index >= 15 is 0 Å². The maximum absolute atomic E-state index is 10.4. The minimum atomic E-state index is 0.102. The lowest BCUT2D eigenvalue weighted by molar-refractivity contribution is -0.118. The molecule has 0 amide bonds. The highest BCUT2D eigenvalue weighted by atomic mass is 16.7. The molecule has 0 fully saturated rings. The van der Waals surface area contributed by atoms with Gasteiger partial charge >= 0.3 is 0 Å². The Morgan fingerprint density at radius 2 is 2.55 bits per heavy atom. The average Bonchev–Trinajstić information content (AvgIpc) is 2.39. The molecule has 5 nitrogen and oxygen atoms in total. The second-order valence-electron chi connectivity index (χ2n) is 2.09. The van der Waals surface area contributed by atoms with Crippen LogP contribution in [0.5, 0.6) is 0 Å². The van der Waals surface area contributed by atoms with Crippen molar-refractivity contribution in [2.24, 2.45) is 0 Å². The Kier molecular flexibility index (Phi) is 2.59. The lowest BCUT2D eigenvalue weighted by Crippen LogP contribution is -2.15. The lowest BCUT2D eigenvalue weighted by Gasteiger charge is -2.00. The van der Waals surface area contributed by atoms with Gasteiger partial charge in [-0.1, -0.05) is 4.85 Å². The highest BCUT2D eigenvalue weighted by Crippen LogP contribution is 1.81. The average molecular weight is 155 g/mol. The van der Waals surface area contributed by atoms with E-state index in [4.69, 9.17) is 4.84 Å². The summed E-state index contributed by atoms with van der Waals surface area (Å²) < 4.78 is 0. The quantitative estimate of drug-likeness (QED) is 0.598. The summed E-state index contributed by atoms with van der Waals surface area (Å²) in [6.07, 6.45) is 3.48. The third-order valence-corrected chi connectivity index (χ3v) is 1.08. The van der Waals surface area contributed by atoms with E-state index in [1.165, 1.54) is 18.0 Å². The molecule has 1 aromatic rings. The van der Waals surface area contributed by atoms with Crippen molar-refractivity contribution in [1.29, 1.82) is 0 Å². The highest BCUT2D eigenvalue weighted by Gasteiger charge is 1.94. The molecule has 0 radical (unpaired) electrons. The topological polar surface area (TPSA) is 57.0 Å². The maximum Gasteiger partial charge on any atom is 0.133 e. The summed E-state index contributed by atoms with van der Waals surface area (Å²) in [4.78, 5) is 16.7. The van der Waals surface area contributed by atoms with Crippen LogP contribution in [0.1, 0.15) is 13.3 Å². The largest absolute Gasteiger partial charge is 0.395 e. The number of aromatic nitrogens is 3. The smallest absolute Gasteiger partial charge is 0.133 e. The van der Waals surface area contributed by atoms with E-state index in [0.29, 0.717) is 13.0 Å². The van der Waals surface area contributed by atoms with Gasteiger partial charge in [-0.05, 0) is 12.1 Å². The number of rotatable bonds is 4. The second-order valence-corrected chi connectivity index (χ2v) is 2.09. The van der Waals surface area contributed by atoms with Gasteiger partial charge in [0.05, 0.1) is 12.4 Å². The molecule has 0 aromatic carbocycles. The molecule has 0 spiro atoms. The Labute approximate surface area is 63.9 Å². The Morgan fingerprint density at radius 3 is 3.09 bits per heavy atom. The molecule has 0 aliphatic rings. The molecule has 0 aliphatic carbocycles. The fourth-order valence-corrected chi connectivity index (χ4v) is 0.549. The monoisotopic (exact) mass is 155 g/mol. The molecule has 60 valence electrons.